The van der Waals surface area contributed by atoms with Crippen LogP contribution in [0.2, 0.25) is 0 Å². The van der Waals surface area contributed by atoms with Crippen molar-refractivity contribution in [3.05, 3.63) is 12.2 Å². The van der Waals surface area contributed by atoms with Crippen LogP contribution in [0.25, 0.3) is 0 Å². The van der Waals surface area contributed by atoms with Gasteiger partial charge in [-0.3, -0.25) is 9.59 Å². The van der Waals surface area contributed by atoms with Gasteiger partial charge in [0, 0.05) is 11.5 Å². The second kappa shape index (κ2) is 3.57. The fraction of sp³-hybridized carbons (Fsp3) is 0.583. The van der Waals surface area contributed by atoms with E-state index in [0.717, 1.165) is 0 Å². The van der Waals surface area contributed by atoms with E-state index in [0.29, 0.717) is 0 Å². The maximum absolute atomic E-state index is 11.5. The molecule has 2 aliphatic rings. The predicted octanol–water partition coefficient (Wildman–Crippen LogP) is 0.814. The molecule has 98 valence electrons. The largest absolute Gasteiger partial charge is 0.480 e. The zero-order chi connectivity index (χ0) is 13.7. The highest BCUT2D eigenvalue weighted by molar-refractivity contribution is 5.99. The van der Waals surface area contributed by atoms with Gasteiger partial charge in [0.1, 0.15) is 5.60 Å². The van der Waals surface area contributed by atoms with Crippen molar-refractivity contribution >= 4 is 17.9 Å². The third-order valence-corrected chi connectivity index (χ3v) is 4.17. The van der Waals surface area contributed by atoms with E-state index in [1.807, 2.05) is 0 Å². The Balaban J connectivity index is 2.40. The number of ether oxygens (including phenoxy) is 1. The summed E-state index contributed by atoms with van der Waals surface area (Å²) in [5.41, 5.74) is -2.49. The molecule has 1 heterocycles. The van der Waals surface area contributed by atoms with Crippen LogP contribution in [0.3, 0.4) is 0 Å². The Kier molecular flexibility index (Phi) is 2.50. The number of hydrogen-bond donors (Lipinski definition) is 2. The summed E-state index contributed by atoms with van der Waals surface area (Å²) in [7, 11) is 0. The van der Waals surface area contributed by atoms with Gasteiger partial charge in [-0.05, 0) is 26.2 Å². The predicted molar refractivity (Wildman–Crippen MR) is 58.7 cm³/mol. The lowest BCUT2D eigenvalue weighted by atomic mass is 9.63. The maximum Gasteiger partial charge on any atom is 0.334 e. The highest BCUT2D eigenvalue weighted by Gasteiger charge is 2.61. The minimum absolute atomic E-state index is 0.0504. The number of carboxylic acid groups (broad SMARTS) is 2. The fourth-order valence-electron chi connectivity index (χ4n) is 2.82. The molecule has 2 N–H and O–H groups in total. The number of aliphatic carboxylic acids is 2. The quantitative estimate of drug-likeness (QED) is 0.429. The third kappa shape index (κ3) is 1.45. The van der Waals surface area contributed by atoms with Crippen LogP contribution in [0.5, 0.6) is 0 Å². The van der Waals surface area contributed by atoms with Gasteiger partial charge in [0.25, 0.3) is 0 Å². The van der Waals surface area contributed by atoms with Crippen LogP contribution in [-0.2, 0) is 19.1 Å². The monoisotopic (exact) mass is 254 g/mol. The second-order valence-corrected chi connectivity index (χ2v) is 5.18. The number of fused-ring (bicyclic) bond motifs is 1. The molecule has 0 aromatic heterocycles. The van der Waals surface area contributed by atoms with Crippen molar-refractivity contribution in [2.24, 2.45) is 11.3 Å². The lowest BCUT2D eigenvalue weighted by Crippen LogP contribution is -2.50. The number of esters is 1. The van der Waals surface area contributed by atoms with Crippen LogP contribution < -0.4 is 0 Å². The molecule has 0 radical (unpaired) electrons. The van der Waals surface area contributed by atoms with Crippen LogP contribution in [0.1, 0.15) is 26.2 Å². The van der Waals surface area contributed by atoms with Gasteiger partial charge in [-0.25, -0.2) is 4.79 Å². The Hall–Kier alpha value is -1.85. The molecule has 0 aromatic rings. The Bertz CT molecular complexity index is 451. The molecule has 0 bridgehead atoms. The van der Waals surface area contributed by atoms with Crippen LogP contribution in [0.15, 0.2) is 12.2 Å². The minimum atomic E-state index is -1.85. The SMILES string of the molecule is C=C1C(=O)OC2(C)CCC(C(=O)O)(C(=O)O)CC12. The van der Waals surface area contributed by atoms with E-state index in [9.17, 15) is 24.6 Å². The van der Waals surface area contributed by atoms with E-state index in [2.05, 4.69) is 6.58 Å². The third-order valence-electron chi connectivity index (χ3n) is 4.17. The first kappa shape index (κ1) is 12.6. The Labute approximate surface area is 103 Å². The Morgan fingerprint density at radius 2 is 1.89 bits per heavy atom. The zero-order valence-corrected chi connectivity index (χ0v) is 9.93. The lowest BCUT2D eigenvalue weighted by Gasteiger charge is -2.40. The molecule has 1 saturated carbocycles. The first-order valence-corrected chi connectivity index (χ1v) is 5.62. The van der Waals surface area contributed by atoms with Gasteiger partial charge < -0.3 is 14.9 Å². The molecule has 6 nitrogen and oxygen atoms in total. The average molecular weight is 254 g/mol. The van der Waals surface area contributed by atoms with Gasteiger partial charge in [-0.15, -0.1) is 0 Å². The molecule has 6 heteroatoms. The Morgan fingerprint density at radius 3 is 2.39 bits per heavy atom. The van der Waals surface area contributed by atoms with Crippen molar-refractivity contribution < 1.29 is 29.3 Å². The highest BCUT2D eigenvalue weighted by atomic mass is 16.6. The molecular weight excluding hydrogens is 240 g/mol. The van der Waals surface area contributed by atoms with Crippen molar-refractivity contribution in [1.29, 1.82) is 0 Å². The number of hydrogen-bond acceptors (Lipinski definition) is 4. The molecule has 0 aromatic carbocycles. The maximum atomic E-state index is 11.5. The molecule has 18 heavy (non-hydrogen) atoms. The van der Waals surface area contributed by atoms with Crippen molar-refractivity contribution in [2.75, 3.05) is 0 Å². The molecular formula is C12H14O6. The summed E-state index contributed by atoms with van der Waals surface area (Å²) < 4.78 is 5.19. The first-order valence-electron chi connectivity index (χ1n) is 5.62. The number of carbonyl (C=O) groups is 3. The lowest BCUT2D eigenvalue weighted by molar-refractivity contribution is -0.173. The summed E-state index contributed by atoms with van der Waals surface area (Å²) in [5.74, 6) is -3.85. The van der Waals surface area contributed by atoms with Gasteiger partial charge in [-0.1, -0.05) is 6.58 Å². The van der Waals surface area contributed by atoms with Gasteiger partial charge in [0.15, 0.2) is 5.41 Å². The summed E-state index contributed by atoms with van der Waals surface area (Å²) in [6, 6.07) is 0. The summed E-state index contributed by atoms with van der Waals surface area (Å²) in [6.45, 7) is 5.28. The van der Waals surface area contributed by atoms with Crippen molar-refractivity contribution in [2.45, 2.75) is 31.8 Å². The molecule has 2 unspecified atom stereocenters. The van der Waals surface area contributed by atoms with Gasteiger partial charge in [-0.2, -0.15) is 0 Å². The van der Waals surface area contributed by atoms with E-state index < -0.39 is 34.8 Å². The number of rotatable bonds is 2. The summed E-state index contributed by atoms with van der Waals surface area (Å²) in [4.78, 5) is 34.0. The van der Waals surface area contributed by atoms with Crippen molar-refractivity contribution in [3.8, 4) is 0 Å². The minimum Gasteiger partial charge on any atom is -0.480 e. The van der Waals surface area contributed by atoms with Crippen LogP contribution in [0, 0.1) is 11.3 Å². The Morgan fingerprint density at radius 1 is 1.33 bits per heavy atom. The summed E-state index contributed by atoms with van der Waals surface area (Å²) in [5, 5.41) is 18.4. The van der Waals surface area contributed by atoms with Gasteiger partial charge >= 0.3 is 17.9 Å². The number of carboxylic acids is 2. The smallest absolute Gasteiger partial charge is 0.334 e. The topological polar surface area (TPSA) is 101 Å². The summed E-state index contributed by atoms with van der Waals surface area (Å²) >= 11 is 0. The van der Waals surface area contributed by atoms with Gasteiger partial charge in [0.05, 0.1) is 0 Å². The van der Waals surface area contributed by atoms with E-state index in [4.69, 9.17) is 4.74 Å². The number of carbonyl (C=O) groups excluding carboxylic acids is 1. The van der Waals surface area contributed by atoms with Crippen molar-refractivity contribution in [1.82, 2.24) is 0 Å². The summed E-state index contributed by atoms with van der Waals surface area (Å²) in [6.07, 6.45) is 0.00495. The van der Waals surface area contributed by atoms with E-state index in [-0.39, 0.29) is 24.8 Å². The molecule has 1 aliphatic carbocycles. The van der Waals surface area contributed by atoms with E-state index in [1.54, 1.807) is 6.92 Å². The molecule has 1 aliphatic heterocycles. The van der Waals surface area contributed by atoms with E-state index >= 15 is 0 Å². The molecule has 0 spiro atoms. The van der Waals surface area contributed by atoms with Crippen LogP contribution in [0.4, 0.5) is 0 Å². The molecule has 2 atom stereocenters. The van der Waals surface area contributed by atoms with Crippen molar-refractivity contribution in [3.63, 3.8) is 0 Å². The standard InChI is InChI=1S/C12H14O6/c1-6-7-5-12(9(14)15,10(16)17)4-3-11(7,2)18-8(6)13/h7H,1,3-5H2,2H3,(H,14,15)(H,16,17). The average Bonchev–Trinajstić information content (AvgIpc) is 2.48. The van der Waals surface area contributed by atoms with E-state index in [1.165, 1.54) is 0 Å². The molecule has 1 saturated heterocycles. The second-order valence-electron chi connectivity index (χ2n) is 5.18. The molecule has 0 amide bonds. The normalized spacial score (nSPS) is 33.7. The highest BCUT2D eigenvalue weighted by Crippen LogP contribution is 2.52. The zero-order valence-electron chi connectivity index (χ0n) is 9.93. The first-order chi connectivity index (χ1) is 8.23. The molecule has 2 rings (SSSR count). The molecule has 2 fully saturated rings. The van der Waals surface area contributed by atoms with Crippen LogP contribution in [-0.4, -0.2) is 33.7 Å². The van der Waals surface area contributed by atoms with Crippen LogP contribution >= 0.6 is 0 Å². The fourth-order valence-corrected chi connectivity index (χ4v) is 2.82. The van der Waals surface area contributed by atoms with Gasteiger partial charge in [0.2, 0.25) is 0 Å².